The van der Waals surface area contributed by atoms with Crippen molar-refractivity contribution in [2.75, 3.05) is 19.7 Å². The normalized spacial score (nSPS) is 31.6. The standard InChI is InChI=1S/C13H27NO/c1-6-13(7-2)9-14-8-12(5,11(3)4)15-10-13/h11,14H,6-10H2,1-5H3. The fourth-order valence-electron chi connectivity index (χ4n) is 2.07. The van der Waals surface area contributed by atoms with E-state index in [1.807, 2.05) is 0 Å². The van der Waals surface area contributed by atoms with Gasteiger partial charge in [-0.15, -0.1) is 0 Å². The van der Waals surface area contributed by atoms with Crippen molar-refractivity contribution in [2.24, 2.45) is 11.3 Å². The van der Waals surface area contributed by atoms with Gasteiger partial charge in [-0.1, -0.05) is 27.7 Å². The second kappa shape index (κ2) is 4.84. The van der Waals surface area contributed by atoms with E-state index in [1.54, 1.807) is 0 Å². The van der Waals surface area contributed by atoms with Gasteiger partial charge in [0.1, 0.15) is 0 Å². The molecule has 1 atom stereocenters. The predicted octanol–water partition coefficient (Wildman–Crippen LogP) is 2.83. The fraction of sp³-hybridized carbons (Fsp3) is 1.00. The molecule has 1 aliphatic rings. The monoisotopic (exact) mass is 213 g/mol. The van der Waals surface area contributed by atoms with Crippen LogP contribution in [-0.2, 0) is 4.74 Å². The third-order valence-electron chi connectivity index (χ3n) is 4.41. The van der Waals surface area contributed by atoms with Gasteiger partial charge in [-0.25, -0.2) is 0 Å². The summed E-state index contributed by atoms with van der Waals surface area (Å²) in [6.45, 7) is 14.2. The largest absolute Gasteiger partial charge is 0.373 e. The van der Waals surface area contributed by atoms with Gasteiger partial charge in [-0.05, 0) is 25.7 Å². The van der Waals surface area contributed by atoms with E-state index in [0.29, 0.717) is 11.3 Å². The maximum absolute atomic E-state index is 6.19. The van der Waals surface area contributed by atoms with E-state index in [-0.39, 0.29) is 5.60 Å². The first kappa shape index (κ1) is 13.0. The minimum atomic E-state index is 0.00604. The Morgan fingerprint density at radius 2 is 1.80 bits per heavy atom. The summed E-state index contributed by atoms with van der Waals surface area (Å²) in [6.07, 6.45) is 2.40. The summed E-state index contributed by atoms with van der Waals surface area (Å²) in [7, 11) is 0. The summed E-state index contributed by atoms with van der Waals surface area (Å²) < 4.78 is 6.19. The Labute approximate surface area is 94.8 Å². The molecule has 0 aromatic carbocycles. The van der Waals surface area contributed by atoms with Crippen LogP contribution in [0.4, 0.5) is 0 Å². The molecule has 2 nitrogen and oxygen atoms in total. The van der Waals surface area contributed by atoms with E-state index in [1.165, 1.54) is 12.8 Å². The highest BCUT2D eigenvalue weighted by Gasteiger charge is 2.37. The Morgan fingerprint density at radius 1 is 1.20 bits per heavy atom. The molecule has 0 radical (unpaired) electrons. The molecule has 0 aromatic heterocycles. The van der Waals surface area contributed by atoms with Crippen LogP contribution in [0.25, 0.3) is 0 Å². The molecule has 0 bridgehead atoms. The molecule has 1 unspecified atom stereocenters. The maximum atomic E-state index is 6.19. The van der Waals surface area contributed by atoms with Crippen LogP contribution in [0, 0.1) is 11.3 Å². The van der Waals surface area contributed by atoms with E-state index in [0.717, 1.165) is 19.7 Å². The zero-order valence-corrected chi connectivity index (χ0v) is 11.0. The molecule has 15 heavy (non-hydrogen) atoms. The van der Waals surface area contributed by atoms with Crippen molar-refractivity contribution in [3.63, 3.8) is 0 Å². The van der Waals surface area contributed by atoms with Crippen LogP contribution in [0.2, 0.25) is 0 Å². The average molecular weight is 213 g/mol. The maximum Gasteiger partial charge on any atom is 0.0801 e. The van der Waals surface area contributed by atoms with Crippen LogP contribution >= 0.6 is 0 Å². The van der Waals surface area contributed by atoms with Gasteiger partial charge in [-0.3, -0.25) is 0 Å². The predicted molar refractivity (Wildman–Crippen MR) is 65.1 cm³/mol. The van der Waals surface area contributed by atoms with E-state index in [4.69, 9.17) is 4.74 Å². The van der Waals surface area contributed by atoms with Crippen LogP contribution in [0.15, 0.2) is 0 Å². The first-order chi connectivity index (χ1) is 6.98. The molecule has 2 heteroatoms. The van der Waals surface area contributed by atoms with Crippen LogP contribution in [0.5, 0.6) is 0 Å². The van der Waals surface area contributed by atoms with Gasteiger partial charge in [-0.2, -0.15) is 0 Å². The molecular formula is C13H27NO. The Kier molecular flexibility index (Phi) is 4.19. The lowest BCUT2D eigenvalue weighted by atomic mass is 9.83. The first-order valence-electron chi connectivity index (χ1n) is 6.33. The Balaban J connectivity index is 2.70. The van der Waals surface area contributed by atoms with Crippen LogP contribution in [0.3, 0.4) is 0 Å². The summed E-state index contributed by atoms with van der Waals surface area (Å²) in [4.78, 5) is 0. The van der Waals surface area contributed by atoms with Crippen LogP contribution in [-0.4, -0.2) is 25.3 Å². The molecule has 0 aliphatic carbocycles. The SMILES string of the molecule is CCC1(CC)CNCC(C)(C(C)C)OC1. The van der Waals surface area contributed by atoms with E-state index in [9.17, 15) is 0 Å². The van der Waals surface area contributed by atoms with Crippen molar-refractivity contribution in [2.45, 2.75) is 53.1 Å². The second-order valence-electron chi connectivity index (χ2n) is 5.57. The molecule has 0 spiro atoms. The minimum absolute atomic E-state index is 0.00604. The molecule has 90 valence electrons. The quantitative estimate of drug-likeness (QED) is 0.778. The van der Waals surface area contributed by atoms with Crippen LogP contribution in [0.1, 0.15) is 47.5 Å². The highest BCUT2D eigenvalue weighted by Crippen LogP contribution is 2.32. The van der Waals surface area contributed by atoms with Gasteiger partial charge in [0.05, 0.1) is 12.2 Å². The van der Waals surface area contributed by atoms with E-state index < -0.39 is 0 Å². The van der Waals surface area contributed by atoms with Gasteiger partial charge in [0.2, 0.25) is 0 Å². The molecule has 0 saturated carbocycles. The van der Waals surface area contributed by atoms with Crippen molar-refractivity contribution >= 4 is 0 Å². The van der Waals surface area contributed by atoms with E-state index in [2.05, 4.69) is 39.9 Å². The smallest absolute Gasteiger partial charge is 0.0801 e. The van der Waals surface area contributed by atoms with Gasteiger partial charge in [0.25, 0.3) is 0 Å². The molecule has 1 N–H and O–H groups in total. The summed E-state index contributed by atoms with van der Waals surface area (Å²) in [5.74, 6) is 0.564. The molecule has 1 aliphatic heterocycles. The van der Waals surface area contributed by atoms with Crippen molar-refractivity contribution < 1.29 is 4.74 Å². The summed E-state index contributed by atoms with van der Waals surface area (Å²) in [5.41, 5.74) is 0.360. The number of hydrogen-bond donors (Lipinski definition) is 1. The topological polar surface area (TPSA) is 21.3 Å². The van der Waals surface area contributed by atoms with Crippen molar-refractivity contribution in [3.8, 4) is 0 Å². The third-order valence-corrected chi connectivity index (χ3v) is 4.41. The zero-order chi connectivity index (χ0) is 11.5. The lowest BCUT2D eigenvalue weighted by Gasteiger charge is -2.34. The highest BCUT2D eigenvalue weighted by atomic mass is 16.5. The van der Waals surface area contributed by atoms with Gasteiger partial charge in [0.15, 0.2) is 0 Å². The van der Waals surface area contributed by atoms with Gasteiger partial charge < -0.3 is 10.1 Å². The number of ether oxygens (including phenoxy) is 1. The molecule has 1 heterocycles. The van der Waals surface area contributed by atoms with Crippen molar-refractivity contribution in [3.05, 3.63) is 0 Å². The Morgan fingerprint density at radius 3 is 2.27 bits per heavy atom. The van der Waals surface area contributed by atoms with Crippen molar-refractivity contribution in [1.82, 2.24) is 5.32 Å². The summed E-state index contributed by atoms with van der Waals surface area (Å²) in [5, 5.41) is 3.59. The lowest BCUT2D eigenvalue weighted by Crippen LogP contribution is -2.42. The lowest BCUT2D eigenvalue weighted by molar-refractivity contribution is -0.0801. The molecule has 0 amide bonds. The number of rotatable bonds is 3. The molecule has 1 saturated heterocycles. The van der Waals surface area contributed by atoms with Gasteiger partial charge in [0, 0.05) is 18.5 Å². The summed E-state index contributed by atoms with van der Waals surface area (Å²) in [6, 6.07) is 0. The number of nitrogens with one attached hydrogen (secondary N) is 1. The number of hydrogen-bond acceptors (Lipinski definition) is 2. The average Bonchev–Trinajstić information content (AvgIpc) is 2.40. The fourth-order valence-corrected chi connectivity index (χ4v) is 2.07. The second-order valence-corrected chi connectivity index (χ2v) is 5.57. The minimum Gasteiger partial charge on any atom is -0.373 e. The molecule has 0 aromatic rings. The van der Waals surface area contributed by atoms with E-state index >= 15 is 0 Å². The Bertz CT molecular complexity index is 193. The Hall–Kier alpha value is -0.0800. The molecule has 1 rings (SSSR count). The van der Waals surface area contributed by atoms with Crippen molar-refractivity contribution in [1.29, 1.82) is 0 Å². The zero-order valence-electron chi connectivity index (χ0n) is 11.0. The molecule has 1 fully saturated rings. The molecular weight excluding hydrogens is 186 g/mol. The van der Waals surface area contributed by atoms with Gasteiger partial charge >= 0.3 is 0 Å². The summed E-state index contributed by atoms with van der Waals surface area (Å²) >= 11 is 0. The van der Waals surface area contributed by atoms with Crippen LogP contribution < -0.4 is 5.32 Å². The third kappa shape index (κ3) is 2.73. The highest BCUT2D eigenvalue weighted by molar-refractivity contribution is 4.90. The first-order valence-corrected chi connectivity index (χ1v) is 6.33.